The molecule has 2 aliphatic rings. The summed E-state index contributed by atoms with van der Waals surface area (Å²) >= 11 is 12.0. The van der Waals surface area contributed by atoms with Crippen LogP contribution < -0.4 is 15.1 Å². The second kappa shape index (κ2) is 8.26. The Morgan fingerprint density at radius 3 is 2.52 bits per heavy atom. The van der Waals surface area contributed by atoms with Gasteiger partial charge < -0.3 is 4.90 Å². The SMILES string of the molecule is Cc1ccc(N2C(=O)/C(=C/c3cc4c(cc3Cl)N(C)C(C)(C)C[C@H]4C)C(=O)NC2=S)cc1C. The lowest BCUT2D eigenvalue weighted by molar-refractivity contribution is -0.122. The molecule has 2 amide bonds. The van der Waals surface area contributed by atoms with E-state index in [9.17, 15) is 9.59 Å². The van der Waals surface area contributed by atoms with Crippen LogP contribution in [0.4, 0.5) is 11.4 Å². The molecule has 2 heterocycles. The number of carbonyl (C=O) groups is 2. The fourth-order valence-corrected chi connectivity index (χ4v) is 5.12. The Balaban J connectivity index is 1.77. The minimum Gasteiger partial charge on any atom is -0.369 e. The van der Waals surface area contributed by atoms with Gasteiger partial charge >= 0.3 is 0 Å². The predicted octanol–water partition coefficient (Wildman–Crippen LogP) is 5.51. The van der Waals surface area contributed by atoms with E-state index in [2.05, 4.69) is 38.0 Å². The number of rotatable bonds is 2. The molecule has 0 spiro atoms. The van der Waals surface area contributed by atoms with E-state index < -0.39 is 11.8 Å². The number of hydrogen-bond donors (Lipinski definition) is 1. The van der Waals surface area contributed by atoms with E-state index in [0.29, 0.717) is 22.2 Å². The lowest BCUT2D eigenvalue weighted by Crippen LogP contribution is -2.54. The lowest BCUT2D eigenvalue weighted by Gasteiger charge is -2.45. The molecule has 0 bridgehead atoms. The topological polar surface area (TPSA) is 52.7 Å². The first-order valence-corrected chi connectivity index (χ1v) is 11.8. The quantitative estimate of drug-likeness (QED) is 0.349. The molecule has 0 saturated carbocycles. The van der Waals surface area contributed by atoms with Crippen molar-refractivity contribution in [2.75, 3.05) is 16.8 Å². The van der Waals surface area contributed by atoms with E-state index in [1.54, 1.807) is 6.08 Å². The molecule has 1 fully saturated rings. The number of thiocarbonyl (C=S) groups is 1. The van der Waals surface area contributed by atoms with Crippen LogP contribution in [0.3, 0.4) is 0 Å². The first-order chi connectivity index (χ1) is 15.4. The van der Waals surface area contributed by atoms with E-state index in [-0.39, 0.29) is 16.2 Å². The zero-order valence-corrected chi connectivity index (χ0v) is 21.3. The molecule has 5 nitrogen and oxygen atoms in total. The summed E-state index contributed by atoms with van der Waals surface area (Å²) in [5, 5.41) is 3.21. The number of benzene rings is 2. The molecule has 0 aliphatic carbocycles. The number of carbonyl (C=O) groups excluding carboxylic acids is 2. The summed E-state index contributed by atoms with van der Waals surface area (Å²) in [5.41, 5.74) is 5.63. The molecule has 1 saturated heterocycles. The van der Waals surface area contributed by atoms with Crippen molar-refractivity contribution in [2.45, 2.75) is 52.5 Å². The first-order valence-electron chi connectivity index (χ1n) is 11.0. The third-order valence-corrected chi connectivity index (χ3v) is 7.51. The summed E-state index contributed by atoms with van der Waals surface area (Å²) in [5.74, 6) is -0.673. The van der Waals surface area contributed by atoms with Gasteiger partial charge in [-0.25, -0.2) is 0 Å². The summed E-state index contributed by atoms with van der Waals surface area (Å²) in [4.78, 5) is 29.8. The van der Waals surface area contributed by atoms with Gasteiger partial charge in [0.1, 0.15) is 5.57 Å². The number of hydrogen-bond acceptors (Lipinski definition) is 4. The second-order valence-electron chi connectivity index (χ2n) is 9.64. The summed E-state index contributed by atoms with van der Waals surface area (Å²) < 4.78 is 0. The van der Waals surface area contributed by atoms with E-state index in [0.717, 1.165) is 28.8 Å². The Bertz CT molecular complexity index is 1230. The molecule has 2 aromatic rings. The van der Waals surface area contributed by atoms with Gasteiger partial charge in [0, 0.05) is 23.3 Å². The van der Waals surface area contributed by atoms with E-state index in [1.807, 2.05) is 44.2 Å². The van der Waals surface area contributed by atoms with Gasteiger partial charge in [-0.15, -0.1) is 0 Å². The van der Waals surface area contributed by atoms with Gasteiger partial charge in [0.2, 0.25) is 0 Å². The molecule has 33 heavy (non-hydrogen) atoms. The number of amides is 2. The molecular weight excluding hydrogens is 454 g/mol. The zero-order chi connectivity index (χ0) is 24.2. The molecule has 0 radical (unpaired) electrons. The van der Waals surface area contributed by atoms with Gasteiger partial charge in [-0.1, -0.05) is 24.6 Å². The fraction of sp³-hybridized carbons (Fsp3) is 0.346. The lowest BCUT2D eigenvalue weighted by atomic mass is 9.80. The van der Waals surface area contributed by atoms with Gasteiger partial charge in [-0.05, 0) is 105 Å². The van der Waals surface area contributed by atoms with Crippen molar-refractivity contribution in [3.63, 3.8) is 0 Å². The van der Waals surface area contributed by atoms with Crippen LogP contribution >= 0.6 is 23.8 Å². The van der Waals surface area contributed by atoms with Gasteiger partial charge in [-0.2, -0.15) is 0 Å². The van der Waals surface area contributed by atoms with Gasteiger partial charge in [0.05, 0.1) is 5.69 Å². The Morgan fingerprint density at radius 1 is 1.15 bits per heavy atom. The van der Waals surface area contributed by atoms with Crippen molar-refractivity contribution in [3.8, 4) is 0 Å². The van der Waals surface area contributed by atoms with Gasteiger partial charge in [0.25, 0.3) is 11.8 Å². The molecule has 172 valence electrons. The van der Waals surface area contributed by atoms with Crippen LogP contribution in [0, 0.1) is 13.8 Å². The van der Waals surface area contributed by atoms with Crippen LogP contribution in [-0.2, 0) is 9.59 Å². The standard InChI is InChI=1S/C26H28ClN3O2S/c1-14-7-8-18(9-15(14)2)30-24(32)20(23(31)28-25(30)33)11-17-10-19-16(3)13-26(4,5)29(6)22(19)12-21(17)27/h7-12,16H,13H2,1-6H3,(H,28,31,33)/b20-11+/t16-/m1/s1. The van der Waals surface area contributed by atoms with Crippen molar-refractivity contribution in [3.05, 3.63) is 63.2 Å². The Hall–Kier alpha value is -2.70. The zero-order valence-electron chi connectivity index (χ0n) is 19.7. The van der Waals surface area contributed by atoms with Gasteiger partial charge in [-0.3, -0.25) is 19.8 Å². The second-order valence-corrected chi connectivity index (χ2v) is 10.4. The highest BCUT2D eigenvalue weighted by atomic mass is 35.5. The average Bonchev–Trinajstić information content (AvgIpc) is 2.72. The largest absolute Gasteiger partial charge is 0.369 e. The monoisotopic (exact) mass is 481 g/mol. The number of fused-ring (bicyclic) bond motifs is 1. The molecular formula is C26H28ClN3O2S. The van der Waals surface area contributed by atoms with Crippen molar-refractivity contribution in [1.29, 1.82) is 0 Å². The van der Waals surface area contributed by atoms with Crippen LogP contribution in [0.2, 0.25) is 5.02 Å². The summed E-state index contributed by atoms with van der Waals surface area (Å²) in [7, 11) is 2.07. The number of nitrogens with one attached hydrogen (secondary N) is 1. The average molecular weight is 482 g/mol. The van der Waals surface area contributed by atoms with E-state index >= 15 is 0 Å². The van der Waals surface area contributed by atoms with Crippen molar-refractivity contribution in [1.82, 2.24) is 5.32 Å². The summed E-state index contributed by atoms with van der Waals surface area (Å²) in [6, 6.07) is 9.57. The number of anilines is 2. The maximum absolute atomic E-state index is 13.4. The number of halogens is 1. The molecule has 1 atom stereocenters. The van der Waals surface area contributed by atoms with Gasteiger partial charge in [0.15, 0.2) is 5.11 Å². The van der Waals surface area contributed by atoms with E-state index in [1.165, 1.54) is 4.90 Å². The van der Waals surface area contributed by atoms with Crippen LogP contribution in [0.5, 0.6) is 0 Å². The van der Waals surface area contributed by atoms with Crippen LogP contribution in [-0.4, -0.2) is 29.5 Å². The minimum atomic E-state index is -0.523. The molecule has 7 heteroatoms. The molecule has 2 aromatic carbocycles. The third-order valence-electron chi connectivity index (χ3n) is 6.90. The number of aryl methyl sites for hydroxylation is 2. The smallest absolute Gasteiger partial charge is 0.270 e. The van der Waals surface area contributed by atoms with Crippen molar-refractivity contribution in [2.24, 2.45) is 0 Å². The molecule has 4 rings (SSSR count). The Morgan fingerprint density at radius 2 is 1.85 bits per heavy atom. The maximum atomic E-state index is 13.4. The van der Waals surface area contributed by atoms with Crippen LogP contribution in [0.1, 0.15) is 55.4 Å². The highest BCUT2D eigenvalue weighted by Crippen LogP contribution is 2.44. The van der Waals surface area contributed by atoms with Crippen LogP contribution in [0.15, 0.2) is 35.9 Å². The molecule has 0 unspecified atom stereocenters. The maximum Gasteiger partial charge on any atom is 0.270 e. The highest BCUT2D eigenvalue weighted by Gasteiger charge is 2.36. The minimum absolute atomic E-state index is 0.000764. The Labute approximate surface area is 205 Å². The van der Waals surface area contributed by atoms with Crippen molar-refractivity contribution >= 4 is 58.2 Å². The number of nitrogens with zero attached hydrogens (tertiary/aromatic N) is 2. The van der Waals surface area contributed by atoms with Crippen LogP contribution in [0.25, 0.3) is 6.08 Å². The normalized spacial score (nSPS) is 21.4. The first kappa shape index (κ1) is 23.5. The Kier molecular flexibility index (Phi) is 5.87. The fourth-order valence-electron chi connectivity index (χ4n) is 4.63. The predicted molar refractivity (Wildman–Crippen MR) is 139 cm³/mol. The molecule has 0 aromatic heterocycles. The summed E-state index contributed by atoms with van der Waals surface area (Å²) in [6.07, 6.45) is 2.56. The third kappa shape index (κ3) is 4.06. The van der Waals surface area contributed by atoms with E-state index in [4.69, 9.17) is 23.8 Å². The highest BCUT2D eigenvalue weighted by molar-refractivity contribution is 7.80. The molecule has 2 aliphatic heterocycles. The summed E-state index contributed by atoms with van der Waals surface area (Å²) in [6.45, 7) is 10.6. The van der Waals surface area contributed by atoms with Crippen molar-refractivity contribution < 1.29 is 9.59 Å². The molecule has 1 N–H and O–H groups in total.